The zero-order chi connectivity index (χ0) is 21.5. The smallest absolute Gasteiger partial charge is 0.161 e. The Hall–Kier alpha value is -2.16. The summed E-state index contributed by atoms with van der Waals surface area (Å²) in [6.45, 7) is 0.654. The van der Waals surface area contributed by atoms with Crippen molar-refractivity contribution >= 4 is 0 Å². The molecule has 0 spiro atoms. The molecule has 2 aliphatic heterocycles. The molecule has 1 unspecified atom stereocenters. The summed E-state index contributed by atoms with van der Waals surface area (Å²) in [5, 5.41) is 40.3. The highest BCUT2D eigenvalue weighted by Crippen LogP contribution is 2.44. The molecular formula is C24H28O7. The molecule has 7 nitrogen and oxygen atoms in total. The summed E-state index contributed by atoms with van der Waals surface area (Å²) < 4.78 is 17.1. The minimum absolute atomic E-state index is 0.439. The number of fused-ring (bicyclic) bond motifs is 1. The van der Waals surface area contributed by atoms with Gasteiger partial charge in [0.25, 0.3) is 0 Å². The van der Waals surface area contributed by atoms with E-state index in [0.717, 1.165) is 35.5 Å². The Morgan fingerprint density at radius 3 is 2.35 bits per heavy atom. The summed E-state index contributed by atoms with van der Waals surface area (Å²) in [6, 6.07) is 12.0. The molecule has 1 saturated heterocycles. The second kappa shape index (κ2) is 8.41. The normalized spacial score (nSPS) is 30.3. The minimum Gasteiger partial charge on any atom is -0.486 e. The molecule has 1 saturated carbocycles. The number of ether oxygens (including phenoxy) is 3. The number of aliphatic hydroxyl groups excluding tert-OH is 4. The van der Waals surface area contributed by atoms with E-state index in [0.29, 0.717) is 31.1 Å². The predicted molar refractivity (Wildman–Crippen MR) is 111 cm³/mol. The maximum atomic E-state index is 10.5. The fraction of sp³-hybridized carbons (Fsp3) is 0.500. The van der Waals surface area contributed by atoms with Gasteiger partial charge in [0.2, 0.25) is 0 Å². The van der Waals surface area contributed by atoms with E-state index in [4.69, 9.17) is 14.2 Å². The van der Waals surface area contributed by atoms with Crippen LogP contribution in [0, 0.1) is 0 Å². The molecular weight excluding hydrogens is 400 g/mol. The molecule has 166 valence electrons. The van der Waals surface area contributed by atoms with Crippen LogP contribution < -0.4 is 9.47 Å². The molecule has 0 radical (unpaired) electrons. The number of benzene rings is 2. The lowest BCUT2D eigenvalue weighted by Crippen LogP contribution is -2.55. The lowest BCUT2D eigenvalue weighted by molar-refractivity contribution is -0.231. The second-order valence-corrected chi connectivity index (χ2v) is 8.64. The molecule has 0 bridgehead atoms. The molecule has 3 aliphatic rings. The highest BCUT2D eigenvalue weighted by molar-refractivity contribution is 5.47. The van der Waals surface area contributed by atoms with Crippen LogP contribution in [0.5, 0.6) is 11.5 Å². The third-order valence-corrected chi connectivity index (χ3v) is 6.41. The van der Waals surface area contributed by atoms with Crippen LogP contribution in [0.4, 0.5) is 0 Å². The van der Waals surface area contributed by atoms with Crippen molar-refractivity contribution in [3.05, 3.63) is 58.7 Å². The summed E-state index contributed by atoms with van der Waals surface area (Å²) in [4.78, 5) is 0. The van der Waals surface area contributed by atoms with Gasteiger partial charge in [-0.3, -0.25) is 0 Å². The first kappa shape index (κ1) is 20.7. The molecule has 0 aromatic heterocycles. The zero-order valence-corrected chi connectivity index (χ0v) is 17.2. The van der Waals surface area contributed by atoms with E-state index < -0.39 is 37.1 Å². The van der Waals surface area contributed by atoms with Gasteiger partial charge in [0.05, 0.1) is 6.61 Å². The van der Waals surface area contributed by atoms with Gasteiger partial charge in [0.15, 0.2) is 11.5 Å². The van der Waals surface area contributed by atoms with Gasteiger partial charge in [-0.2, -0.15) is 0 Å². The number of hydrogen-bond donors (Lipinski definition) is 4. The maximum absolute atomic E-state index is 10.5. The predicted octanol–water partition coefficient (Wildman–Crippen LogP) is 1.44. The standard InChI is InChI=1S/C24H28O7/c25-12-20-21(26)22(27)23(28)24(31-20)15-4-5-17(14-2-3-14)16(11-15)9-13-1-6-18-19(10-13)30-8-7-29-18/h1,4-6,10-11,14,20-28H,2-3,7-9,12H2/t20-,21-,22+,23-,24?/m1/s1. The average molecular weight is 428 g/mol. The van der Waals surface area contributed by atoms with Crippen LogP contribution in [0.1, 0.15) is 47.1 Å². The van der Waals surface area contributed by atoms with Gasteiger partial charge >= 0.3 is 0 Å². The first-order valence-corrected chi connectivity index (χ1v) is 10.9. The van der Waals surface area contributed by atoms with Gasteiger partial charge in [-0.25, -0.2) is 0 Å². The Kier molecular flexibility index (Phi) is 5.62. The molecule has 2 aromatic carbocycles. The number of hydrogen-bond acceptors (Lipinski definition) is 7. The van der Waals surface area contributed by atoms with Crippen molar-refractivity contribution in [1.29, 1.82) is 0 Å². The van der Waals surface area contributed by atoms with E-state index in [1.54, 1.807) is 0 Å². The van der Waals surface area contributed by atoms with E-state index in [2.05, 4.69) is 6.07 Å². The van der Waals surface area contributed by atoms with Crippen LogP contribution >= 0.6 is 0 Å². The van der Waals surface area contributed by atoms with Gasteiger partial charge in [-0.1, -0.05) is 24.3 Å². The molecule has 31 heavy (non-hydrogen) atoms. The minimum atomic E-state index is -1.39. The Morgan fingerprint density at radius 1 is 0.839 bits per heavy atom. The van der Waals surface area contributed by atoms with Gasteiger partial charge in [-0.05, 0) is 59.6 Å². The molecule has 5 atom stereocenters. The molecule has 1 aliphatic carbocycles. The van der Waals surface area contributed by atoms with Crippen LogP contribution in [0.15, 0.2) is 36.4 Å². The lowest BCUT2D eigenvalue weighted by atomic mass is 9.88. The van der Waals surface area contributed by atoms with Gasteiger partial charge in [0.1, 0.15) is 43.7 Å². The lowest BCUT2D eigenvalue weighted by Gasteiger charge is -2.40. The summed E-state index contributed by atoms with van der Waals surface area (Å²) in [5.74, 6) is 2.05. The van der Waals surface area contributed by atoms with Crippen molar-refractivity contribution in [3.8, 4) is 11.5 Å². The average Bonchev–Trinajstić information content (AvgIpc) is 3.63. The topological polar surface area (TPSA) is 109 Å². The van der Waals surface area contributed by atoms with Gasteiger partial charge in [-0.15, -0.1) is 0 Å². The molecule has 4 N–H and O–H groups in total. The molecule has 2 fully saturated rings. The SMILES string of the molecule is OC[C@H]1OC(c2ccc(C3CC3)c(Cc3ccc4c(c3)OCCO4)c2)[C@H](O)[C@@H](O)[C@@H]1O. The van der Waals surface area contributed by atoms with Crippen molar-refractivity contribution in [2.75, 3.05) is 19.8 Å². The first-order valence-electron chi connectivity index (χ1n) is 10.9. The van der Waals surface area contributed by atoms with E-state index in [1.165, 1.54) is 5.56 Å². The summed E-state index contributed by atoms with van der Waals surface area (Å²) >= 11 is 0. The summed E-state index contributed by atoms with van der Waals surface area (Å²) in [6.07, 6.45) is -2.78. The van der Waals surface area contributed by atoms with Crippen molar-refractivity contribution < 1.29 is 34.6 Å². The van der Waals surface area contributed by atoms with E-state index in [1.807, 2.05) is 30.3 Å². The Bertz CT molecular complexity index is 940. The Labute approximate surface area is 180 Å². The van der Waals surface area contributed by atoms with E-state index >= 15 is 0 Å². The first-order chi connectivity index (χ1) is 15.0. The highest BCUT2D eigenvalue weighted by atomic mass is 16.6. The number of rotatable bonds is 5. The third kappa shape index (κ3) is 4.04. The van der Waals surface area contributed by atoms with Crippen LogP contribution in [-0.2, 0) is 11.2 Å². The molecule has 2 heterocycles. The zero-order valence-electron chi connectivity index (χ0n) is 17.2. The van der Waals surface area contributed by atoms with Crippen LogP contribution in [0.2, 0.25) is 0 Å². The summed E-state index contributed by atoms with van der Waals surface area (Å²) in [5.41, 5.74) is 4.22. The highest BCUT2D eigenvalue weighted by Gasteiger charge is 2.44. The fourth-order valence-electron chi connectivity index (χ4n) is 4.54. The molecule has 0 amide bonds. The molecule has 5 rings (SSSR count). The Balaban J connectivity index is 1.45. The maximum Gasteiger partial charge on any atom is 0.161 e. The van der Waals surface area contributed by atoms with E-state index in [-0.39, 0.29) is 0 Å². The monoisotopic (exact) mass is 428 g/mol. The third-order valence-electron chi connectivity index (χ3n) is 6.41. The molecule has 7 heteroatoms. The van der Waals surface area contributed by atoms with Crippen molar-refractivity contribution in [2.24, 2.45) is 0 Å². The van der Waals surface area contributed by atoms with Crippen molar-refractivity contribution in [2.45, 2.75) is 55.7 Å². The van der Waals surface area contributed by atoms with Crippen LogP contribution in [0.25, 0.3) is 0 Å². The quantitative estimate of drug-likeness (QED) is 0.571. The van der Waals surface area contributed by atoms with E-state index in [9.17, 15) is 20.4 Å². The fourth-order valence-corrected chi connectivity index (χ4v) is 4.54. The number of aliphatic hydroxyl groups is 4. The summed E-state index contributed by atoms with van der Waals surface area (Å²) in [7, 11) is 0. The van der Waals surface area contributed by atoms with Gasteiger partial charge in [0, 0.05) is 0 Å². The Morgan fingerprint density at radius 2 is 1.61 bits per heavy atom. The van der Waals surface area contributed by atoms with Gasteiger partial charge < -0.3 is 34.6 Å². The molecule has 2 aromatic rings. The van der Waals surface area contributed by atoms with Crippen LogP contribution in [-0.4, -0.2) is 64.7 Å². The second-order valence-electron chi connectivity index (χ2n) is 8.64. The largest absolute Gasteiger partial charge is 0.486 e. The van der Waals surface area contributed by atoms with Crippen LogP contribution in [0.3, 0.4) is 0 Å². The van der Waals surface area contributed by atoms with Crippen molar-refractivity contribution in [1.82, 2.24) is 0 Å². The van der Waals surface area contributed by atoms with Crippen molar-refractivity contribution in [3.63, 3.8) is 0 Å².